The zero-order valence-electron chi connectivity index (χ0n) is 20.0. The number of hydrogen-bond donors (Lipinski definition) is 2. The Kier molecular flexibility index (Phi) is 6.50. The standard InChI is InChI=1S/C28H32N2O5/c1-2-34-27(33)35-24-8-6-22(7-9-24)25(31)30-23-5-3-4-18(13-23)17-29-26(32)28-14-19-10-20(15-28)12-21(11-19)16-28/h3-9,13,19-21H,2,10-12,14-17H2,1H3,(H,29,32)(H,30,31). The average Bonchev–Trinajstić information content (AvgIpc) is 2.82. The van der Waals surface area contributed by atoms with E-state index in [1.54, 1.807) is 31.2 Å². The summed E-state index contributed by atoms with van der Waals surface area (Å²) in [5.74, 6) is 2.43. The molecule has 2 aromatic carbocycles. The maximum Gasteiger partial charge on any atom is 0.513 e. The van der Waals surface area contributed by atoms with Crippen LogP contribution in [0.15, 0.2) is 48.5 Å². The quantitative estimate of drug-likeness (QED) is 0.417. The number of carbonyl (C=O) groups excluding carboxylic acids is 3. The molecular weight excluding hydrogens is 444 g/mol. The Morgan fingerprint density at radius 3 is 2.23 bits per heavy atom. The monoisotopic (exact) mass is 476 g/mol. The van der Waals surface area contributed by atoms with Gasteiger partial charge >= 0.3 is 6.16 Å². The number of benzene rings is 2. The number of nitrogens with one attached hydrogen (secondary N) is 2. The first-order valence-corrected chi connectivity index (χ1v) is 12.6. The molecule has 0 saturated heterocycles. The van der Waals surface area contributed by atoms with Crippen LogP contribution in [0.25, 0.3) is 0 Å². The second kappa shape index (κ2) is 9.72. The number of amides is 2. The van der Waals surface area contributed by atoms with Gasteiger partial charge in [-0.1, -0.05) is 12.1 Å². The molecule has 0 atom stereocenters. The molecule has 4 aliphatic rings. The number of hydrogen-bond acceptors (Lipinski definition) is 5. The van der Waals surface area contributed by atoms with Crippen LogP contribution >= 0.6 is 0 Å². The van der Waals surface area contributed by atoms with E-state index in [2.05, 4.69) is 10.6 Å². The van der Waals surface area contributed by atoms with Crippen molar-refractivity contribution in [3.05, 3.63) is 59.7 Å². The highest BCUT2D eigenvalue weighted by Crippen LogP contribution is 2.60. The molecule has 7 heteroatoms. The summed E-state index contributed by atoms with van der Waals surface area (Å²) in [4.78, 5) is 37.3. The molecule has 4 saturated carbocycles. The van der Waals surface area contributed by atoms with Crippen molar-refractivity contribution in [2.45, 2.75) is 52.0 Å². The number of anilines is 1. The van der Waals surface area contributed by atoms with Crippen molar-refractivity contribution in [1.82, 2.24) is 5.32 Å². The molecule has 0 aromatic heterocycles. The van der Waals surface area contributed by atoms with E-state index in [0.29, 0.717) is 23.5 Å². The fraction of sp³-hybridized carbons (Fsp3) is 0.464. The SMILES string of the molecule is CCOC(=O)Oc1ccc(C(=O)Nc2cccc(CNC(=O)C34CC5CC(CC(C5)C3)C4)c2)cc1. The molecule has 4 aliphatic carbocycles. The Hall–Kier alpha value is -3.35. The minimum Gasteiger partial charge on any atom is -0.434 e. The van der Waals surface area contributed by atoms with Crippen LogP contribution in [0.4, 0.5) is 10.5 Å². The van der Waals surface area contributed by atoms with Crippen LogP contribution in [0.2, 0.25) is 0 Å². The highest BCUT2D eigenvalue weighted by Gasteiger charge is 2.54. The Balaban J connectivity index is 1.16. The van der Waals surface area contributed by atoms with Crippen LogP contribution in [-0.2, 0) is 16.1 Å². The molecular formula is C28H32N2O5. The summed E-state index contributed by atoms with van der Waals surface area (Å²) in [5, 5.41) is 6.09. The molecule has 2 aromatic rings. The zero-order valence-corrected chi connectivity index (χ0v) is 20.0. The molecule has 184 valence electrons. The molecule has 2 N–H and O–H groups in total. The molecule has 4 bridgehead atoms. The van der Waals surface area contributed by atoms with E-state index in [9.17, 15) is 14.4 Å². The molecule has 0 unspecified atom stereocenters. The smallest absolute Gasteiger partial charge is 0.434 e. The summed E-state index contributed by atoms with van der Waals surface area (Å²) < 4.78 is 9.76. The van der Waals surface area contributed by atoms with Crippen LogP contribution in [0.1, 0.15) is 61.4 Å². The molecule has 2 amide bonds. The number of ether oxygens (including phenoxy) is 2. The Labute approximate surface area is 205 Å². The van der Waals surface area contributed by atoms with Crippen molar-refractivity contribution in [2.75, 3.05) is 11.9 Å². The van der Waals surface area contributed by atoms with Crippen molar-refractivity contribution < 1.29 is 23.9 Å². The number of rotatable bonds is 7. The van der Waals surface area contributed by atoms with Crippen LogP contribution in [-0.4, -0.2) is 24.6 Å². The molecule has 7 nitrogen and oxygen atoms in total. The van der Waals surface area contributed by atoms with Crippen molar-refractivity contribution in [2.24, 2.45) is 23.2 Å². The first-order valence-electron chi connectivity index (χ1n) is 12.6. The maximum absolute atomic E-state index is 13.2. The van der Waals surface area contributed by atoms with Gasteiger partial charge in [0.2, 0.25) is 5.91 Å². The zero-order chi connectivity index (χ0) is 24.4. The van der Waals surface area contributed by atoms with Gasteiger partial charge in [0, 0.05) is 23.2 Å². The summed E-state index contributed by atoms with van der Waals surface area (Å²) in [5.41, 5.74) is 1.87. The van der Waals surface area contributed by atoms with Crippen molar-refractivity contribution >= 4 is 23.7 Å². The predicted molar refractivity (Wildman–Crippen MR) is 131 cm³/mol. The summed E-state index contributed by atoms with van der Waals surface area (Å²) in [6.07, 6.45) is 6.30. The highest BCUT2D eigenvalue weighted by molar-refractivity contribution is 6.04. The van der Waals surface area contributed by atoms with Gasteiger partial charge in [-0.3, -0.25) is 9.59 Å². The lowest BCUT2D eigenvalue weighted by Gasteiger charge is -2.55. The third-order valence-corrected chi connectivity index (χ3v) is 7.74. The minimum atomic E-state index is -0.781. The summed E-state index contributed by atoms with van der Waals surface area (Å²) in [6.45, 7) is 2.37. The summed E-state index contributed by atoms with van der Waals surface area (Å²) in [6, 6.07) is 13.8. The fourth-order valence-corrected chi connectivity index (χ4v) is 6.64. The molecule has 0 heterocycles. The van der Waals surface area contributed by atoms with Gasteiger partial charge in [0.25, 0.3) is 5.91 Å². The second-order valence-corrected chi connectivity index (χ2v) is 10.3. The minimum absolute atomic E-state index is 0.163. The predicted octanol–water partition coefficient (Wildman–Crippen LogP) is 5.31. The molecule has 0 spiro atoms. The molecule has 0 radical (unpaired) electrons. The fourth-order valence-electron chi connectivity index (χ4n) is 6.64. The normalized spacial score (nSPS) is 26.1. The van der Waals surface area contributed by atoms with Crippen LogP contribution in [0.3, 0.4) is 0 Å². The first kappa shape index (κ1) is 23.4. The van der Waals surface area contributed by atoms with E-state index in [0.717, 1.165) is 42.6 Å². The van der Waals surface area contributed by atoms with Crippen molar-refractivity contribution in [3.63, 3.8) is 0 Å². The van der Waals surface area contributed by atoms with E-state index >= 15 is 0 Å². The lowest BCUT2D eigenvalue weighted by atomic mass is 9.49. The third kappa shape index (κ3) is 5.19. The molecule has 0 aliphatic heterocycles. The van der Waals surface area contributed by atoms with Gasteiger partial charge in [-0.25, -0.2) is 4.79 Å². The van der Waals surface area contributed by atoms with Crippen LogP contribution < -0.4 is 15.4 Å². The van der Waals surface area contributed by atoms with Crippen molar-refractivity contribution in [3.8, 4) is 5.75 Å². The van der Waals surface area contributed by atoms with Gasteiger partial charge in [-0.05, 0) is 105 Å². The average molecular weight is 477 g/mol. The van der Waals surface area contributed by atoms with Gasteiger partial charge in [0.1, 0.15) is 5.75 Å². The van der Waals surface area contributed by atoms with Gasteiger partial charge in [0.05, 0.1) is 6.61 Å². The Morgan fingerprint density at radius 1 is 0.943 bits per heavy atom. The summed E-state index contributed by atoms with van der Waals surface area (Å²) >= 11 is 0. The number of carbonyl (C=O) groups is 3. The van der Waals surface area contributed by atoms with Gasteiger partial charge in [-0.2, -0.15) is 0 Å². The third-order valence-electron chi connectivity index (χ3n) is 7.74. The van der Waals surface area contributed by atoms with E-state index in [1.165, 1.54) is 19.3 Å². The summed E-state index contributed by atoms with van der Waals surface area (Å²) in [7, 11) is 0. The largest absolute Gasteiger partial charge is 0.513 e. The Bertz CT molecular complexity index is 1080. The van der Waals surface area contributed by atoms with E-state index in [-0.39, 0.29) is 23.8 Å². The van der Waals surface area contributed by atoms with Crippen LogP contribution in [0.5, 0.6) is 5.75 Å². The van der Waals surface area contributed by atoms with Crippen LogP contribution in [0, 0.1) is 23.2 Å². The molecule has 4 fully saturated rings. The van der Waals surface area contributed by atoms with Gasteiger partial charge in [0.15, 0.2) is 0 Å². The van der Waals surface area contributed by atoms with Gasteiger partial charge < -0.3 is 20.1 Å². The van der Waals surface area contributed by atoms with E-state index < -0.39 is 6.16 Å². The van der Waals surface area contributed by atoms with E-state index in [1.807, 2.05) is 24.3 Å². The lowest BCUT2D eigenvalue weighted by Crippen LogP contribution is -2.53. The van der Waals surface area contributed by atoms with E-state index in [4.69, 9.17) is 9.47 Å². The molecule has 6 rings (SSSR count). The second-order valence-electron chi connectivity index (χ2n) is 10.3. The maximum atomic E-state index is 13.2. The lowest BCUT2D eigenvalue weighted by molar-refractivity contribution is -0.146. The highest BCUT2D eigenvalue weighted by atomic mass is 16.7. The molecule has 35 heavy (non-hydrogen) atoms. The van der Waals surface area contributed by atoms with Gasteiger partial charge in [-0.15, -0.1) is 0 Å². The Morgan fingerprint density at radius 2 is 1.60 bits per heavy atom. The first-order chi connectivity index (χ1) is 16.9. The van der Waals surface area contributed by atoms with Crippen molar-refractivity contribution in [1.29, 1.82) is 0 Å². The topological polar surface area (TPSA) is 93.7 Å².